The molecule has 28 heavy (non-hydrogen) atoms. The molecule has 1 amide bonds. The number of nitrogens with one attached hydrogen (secondary N) is 2. The van der Waals surface area contributed by atoms with Gasteiger partial charge >= 0.3 is 0 Å². The Bertz CT molecular complexity index is 1130. The number of nitriles is 1. The maximum atomic E-state index is 12.8. The Morgan fingerprint density at radius 1 is 1.29 bits per heavy atom. The standard InChI is InChI=1S/C20H18N6O2/c1-10-11(2)19(25-12(3)15(10)7-21)20(27)26-13-4-5-16(22)14(6-13)18(23)17-8-24-9-28-17/h4-6,8-9,23H,22H2,1-3H3,(H,26,27). The molecule has 0 saturated carbocycles. The fraction of sp³-hybridized carbons (Fsp3) is 0.150. The number of carbonyl (C=O) groups is 1. The van der Waals surface area contributed by atoms with Crippen LogP contribution < -0.4 is 11.1 Å². The summed E-state index contributed by atoms with van der Waals surface area (Å²) in [7, 11) is 0. The number of amides is 1. The van der Waals surface area contributed by atoms with Crippen molar-refractivity contribution < 1.29 is 9.21 Å². The molecule has 0 unspecified atom stereocenters. The van der Waals surface area contributed by atoms with E-state index in [-0.39, 0.29) is 17.2 Å². The summed E-state index contributed by atoms with van der Waals surface area (Å²) in [6, 6.07) is 6.95. The van der Waals surface area contributed by atoms with Gasteiger partial charge in [-0.2, -0.15) is 5.26 Å². The number of benzene rings is 1. The number of nitrogens with two attached hydrogens (primary N) is 1. The minimum Gasteiger partial charge on any atom is -0.442 e. The predicted octanol–water partition coefficient (Wildman–Crippen LogP) is 3.12. The molecule has 0 aliphatic carbocycles. The number of nitrogens with zero attached hydrogens (tertiary/aromatic N) is 3. The quantitative estimate of drug-likeness (QED) is 0.473. The monoisotopic (exact) mass is 374 g/mol. The second kappa shape index (κ2) is 7.32. The second-order valence-corrected chi connectivity index (χ2v) is 6.28. The van der Waals surface area contributed by atoms with Gasteiger partial charge in [-0.3, -0.25) is 10.2 Å². The first-order chi connectivity index (χ1) is 13.3. The number of carbonyl (C=O) groups excluding carboxylic acids is 1. The number of hydrogen-bond acceptors (Lipinski definition) is 7. The largest absolute Gasteiger partial charge is 0.442 e. The molecule has 0 aliphatic heterocycles. The highest BCUT2D eigenvalue weighted by molar-refractivity contribution is 6.13. The van der Waals surface area contributed by atoms with Crippen LogP contribution in [0, 0.1) is 37.5 Å². The molecule has 0 atom stereocenters. The van der Waals surface area contributed by atoms with Crippen LogP contribution in [0.4, 0.5) is 11.4 Å². The summed E-state index contributed by atoms with van der Waals surface area (Å²) >= 11 is 0. The number of aromatic nitrogens is 2. The van der Waals surface area contributed by atoms with E-state index in [9.17, 15) is 10.1 Å². The molecule has 8 heteroatoms. The van der Waals surface area contributed by atoms with E-state index in [0.717, 1.165) is 5.56 Å². The van der Waals surface area contributed by atoms with Crippen LogP contribution in [-0.2, 0) is 0 Å². The zero-order valence-corrected chi connectivity index (χ0v) is 15.6. The van der Waals surface area contributed by atoms with Crippen molar-refractivity contribution in [1.82, 2.24) is 9.97 Å². The van der Waals surface area contributed by atoms with Crippen LogP contribution in [0.25, 0.3) is 0 Å². The highest BCUT2D eigenvalue weighted by Crippen LogP contribution is 2.23. The van der Waals surface area contributed by atoms with Gasteiger partial charge in [-0.15, -0.1) is 0 Å². The molecule has 3 aromatic rings. The number of nitrogen functional groups attached to an aromatic ring is 1. The van der Waals surface area contributed by atoms with Crippen molar-refractivity contribution in [3.05, 3.63) is 70.2 Å². The smallest absolute Gasteiger partial charge is 0.274 e. The molecule has 2 aromatic heterocycles. The van der Waals surface area contributed by atoms with Gasteiger partial charge in [-0.1, -0.05) is 0 Å². The number of rotatable bonds is 4. The van der Waals surface area contributed by atoms with E-state index in [1.165, 1.54) is 12.6 Å². The molecule has 0 saturated heterocycles. The maximum absolute atomic E-state index is 12.8. The third-order valence-electron chi connectivity index (χ3n) is 4.52. The van der Waals surface area contributed by atoms with Crippen molar-refractivity contribution in [3.8, 4) is 6.07 Å². The van der Waals surface area contributed by atoms with Gasteiger partial charge in [0.25, 0.3) is 5.91 Å². The van der Waals surface area contributed by atoms with Crippen LogP contribution in [0.1, 0.15) is 44.2 Å². The van der Waals surface area contributed by atoms with E-state index < -0.39 is 5.91 Å². The third-order valence-corrected chi connectivity index (χ3v) is 4.52. The second-order valence-electron chi connectivity index (χ2n) is 6.28. The Hall–Kier alpha value is -3.99. The lowest BCUT2D eigenvalue weighted by Crippen LogP contribution is -2.18. The summed E-state index contributed by atoms with van der Waals surface area (Å²) in [6.45, 7) is 5.24. The summed E-state index contributed by atoms with van der Waals surface area (Å²) in [5, 5.41) is 20.3. The molecule has 0 aliphatic rings. The molecule has 2 heterocycles. The fourth-order valence-electron chi connectivity index (χ4n) is 2.84. The molecule has 0 fully saturated rings. The lowest BCUT2D eigenvalue weighted by atomic mass is 10.0. The van der Waals surface area contributed by atoms with Crippen molar-refractivity contribution in [2.75, 3.05) is 11.1 Å². The summed E-state index contributed by atoms with van der Waals surface area (Å²) in [5.41, 5.74) is 9.87. The Labute approximate surface area is 161 Å². The summed E-state index contributed by atoms with van der Waals surface area (Å²) in [5.74, 6) is -0.138. The lowest BCUT2D eigenvalue weighted by Gasteiger charge is -2.13. The Balaban J connectivity index is 1.93. The number of anilines is 2. The summed E-state index contributed by atoms with van der Waals surface area (Å²) < 4.78 is 5.14. The third kappa shape index (κ3) is 3.33. The van der Waals surface area contributed by atoms with E-state index in [0.29, 0.717) is 33.8 Å². The van der Waals surface area contributed by atoms with Gasteiger partial charge in [0.05, 0.1) is 17.5 Å². The molecule has 4 N–H and O–H groups in total. The first kappa shape index (κ1) is 18.8. The first-order valence-corrected chi connectivity index (χ1v) is 8.40. The average molecular weight is 374 g/mol. The van der Waals surface area contributed by atoms with Crippen molar-refractivity contribution in [2.45, 2.75) is 20.8 Å². The zero-order valence-electron chi connectivity index (χ0n) is 15.6. The molecular weight excluding hydrogens is 356 g/mol. The van der Waals surface area contributed by atoms with Gasteiger partial charge in [0.15, 0.2) is 12.2 Å². The summed E-state index contributed by atoms with van der Waals surface area (Å²) in [4.78, 5) is 20.9. The van der Waals surface area contributed by atoms with E-state index in [2.05, 4.69) is 21.4 Å². The average Bonchev–Trinajstić information content (AvgIpc) is 3.20. The number of pyridine rings is 1. The van der Waals surface area contributed by atoms with Crippen LogP contribution in [0.3, 0.4) is 0 Å². The van der Waals surface area contributed by atoms with Crippen molar-refractivity contribution in [1.29, 1.82) is 10.7 Å². The molecule has 0 bridgehead atoms. The first-order valence-electron chi connectivity index (χ1n) is 8.40. The Kier molecular flexibility index (Phi) is 4.92. The van der Waals surface area contributed by atoms with Gasteiger partial charge in [0.1, 0.15) is 17.5 Å². The number of aryl methyl sites for hydroxylation is 1. The highest BCUT2D eigenvalue weighted by atomic mass is 16.3. The van der Waals surface area contributed by atoms with Crippen LogP contribution in [-0.4, -0.2) is 21.6 Å². The fourth-order valence-corrected chi connectivity index (χ4v) is 2.84. The van der Waals surface area contributed by atoms with Crippen molar-refractivity contribution in [2.24, 2.45) is 0 Å². The van der Waals surface area contributed by atoms with Crippen molar-refractivity contribution in [3.63, 3.8) is 0 Å². The minimum atomic E-state index is -0.407. The molecule has 1 aromatic carbocycles. The van der Waals surface area contributed by atoms with Crippen LogP contribution in [0.15, 0.2) is 35.2 Å². The predicted molar refractivity (Wildman–Crippen MR) is 104 cm³/mol. The van der Waals surface area contributed by atoms with Gasteiger partial charge in [0, 0.05) is 16.9 Å². The number of hydrogen-bond donors (Lipinski definition) is 3. The van der Waals surface area contributed by atoms with Crippen LogP contribution in [0.5, 0.6) is 0 Å². The topological polar surface area (TPSA) is 142 Å². The van der Waals surface area contributed by atoms with Crippen molar-refractivity contribution >= 4 is 23.0 Å². The maximum Gasteiger partial charge on any atom is 0.274 e. The van der Waals surface area contributed by atoms with Gasteiger partial charge in [0.2, 0.25) is 0 Å². The molecular formula is C20H18N6O2. The summed E-state index contributed by atoms with van der Waals surface area (Å²) in [6.07, 6.45) is 2.65. The molecule has 0 radical (unpaired) electrons. The van der Waals surface area contributed by atoms with E-state index in [1.54, 1.807) is 39.0 Å². The molecule has 8 nitrogen and oxygen atoms in total. The van der Waals surface area contributed by atoms with Gasteiger partial charge in [-0.05, 0) is 50.1 Å². The van der Waals surface area contributed by atoms with E-state index in [1.807, 2.05) is 0 Å². The van der Waals surface area contributed by atoms with Crippen LogP contribution >= 0.6 is 0 Å². The van der Waals surface area contributed by atoms with E-state index in [4.69, 9.17) is 15.6 Å². The SMILES string of the molecule is Cc1nc(C(=O)Nc2ccc(N)c(C(=N)c3cnco3)c2)c(C)c(C)c1C#N. The molecule has 3 rings (SSSR count). The zero-order chi connectivity index (χ0) is 20.4. The highest BCUT2D eigenvalue weighted by Gasteiger charge is 2.18. The lowest BCUT2D eigenvalue weighted by molar-refractivity contribution is 0.102. The Morgan fingerprint density at radius 2 is 2.04 bits per heavy atom. The molecule has 0 spiro atoms. The number of oxazole rings is 1. The van der Waals surface area contributed by atoms with Gasteiger partial charge in [-0.25, -0.2) is 9.97 Å². The minimum absolute atomic E-state index is 0.0606. The normalized spacial score (nSPS) is 10.4. The van der Waals surface area contributed by atoms with E-state index >= 15 is 0 Å². The van der Waals surface area contributed by atoms with Crippen LogP contribution in [0.2, 0.25) is 0 Å². The van der Waals surface area contributed by atoms with Gasteiger partial charge < -0.3 is 15.5 Å². The Morgan fingerprint density at radius 3 is 2.68 bits per heavy atom. The molecule has 140 valence electrons.